The molecule has 0 aliphatic carbocycles. The minimum absolute atomic E-state index is 0.0455. The molecule has 0 aliphatic rings. The van der Waals surface area contributed by atoms with Gasteiger partial charge in [-0.2, -0.15) is 11.8 Å². The van der Waals surface area contributed by atoms with E-state index in [1.165, 1.54) is 22.7 Å². The summed E-state index contributed by atoms with van der Waals surface area (Å²) in [6.07, 6.45) is 4.74. The summed E-state index contributed by atoms with van der Waals surface area (Å²) in [5, 5.41) is 16.4. The first kappa shape index (κ1) is 30.4. The summed E-state index contributed by atoms with van der Waals surface area (Å²) in [5.74, 6) is -0.306. The molecule has 3 amide bonds. The quantitative estimate of drug-likeness (QED) is 0.271. The van der Waals surface area contributed by atoms with E-state index in [0.29, 0.717) is 29.8 Å². The van der Waals surface area contributed by atoms with Crippen LogP contribution in [0.1, 0.15) is 64.1 Å². The number of carbonyl (C=O) groups is 3. The van der Waals surface area contributed by atoms with Crippen molar-refractivity contribution in [3.63, 3.8) is 0 Å². The Morgan fingerprint density at radius 3 is 2.54 bits per heavy atom. The van der Waals surface area contributed by atoms with E-state index < -0.39 is 35.6 Å². The van der Waals surface area contributed by atoms with Gasteiger partial charge >= 0.3 is 6.09 Å². The van der Waals surface area contributed by atoms with Crippen molar-refractivity contribution in [3.05, 3.63) is 42.0 Å². The molecule has 0 radical (unpaired) electrons. The third-order valence-electron chi connectivity index (χ3n) is 5.16. The monoisotopic (exact) mass is 507 g/mol. The zero-order valence-electron chi connectivity index (χ0n) is 21.8. The van der Waals surface area contributed by atoms with Gasteiger partial charge in [-0.15, -0.1) is 6.58 Å². The summed E-state index contributed by atoms with van der Waals surface area (Å²) in [5.41, 5.74) is 0.174. The number of alkyl carbamates (subject to hydrolysis) is 1. The molecule has 0 spiro atoms. The van der Waals surface area contributed by atoms with Crippen LogP contribution in [-0.2, 0) is 14.3 Å². The van der Waals surface area contributed by atoms with Crippen LogP contribution in [0.4, 0.5) is 4.79 Å². The minimum Gasteiger partial charge on any atom is -0.507 e. The summed E-state index contributed by atoms with van der Waals surface area (Å²) in [6, 6.07) is 3.07. The molecule has 0 saturated carbocycles. The van der Waals surface area contributed by atoms with Crippen LogP contribution in [0.3, 0.4) is 0 Å². The SMILES string of the molecule is C=CCN(C(=O)C(CCSC)NC(=O)OC(C)(C)C)C(C(=O)NCCCC)c1cccc(C)c1O. The molecule has 9 heteroatoms. The van der Waals surface area contributed by atoms with Gasteiger partial charge in [0.25, 0.3) is 0 Å². The van der Waals surface area contributed by atoms with Crippen molar-refractivity contribution in [2.75, 3.05) is 25.1 Å². The molecule has 0 aliphatic heterocycles. The average molecular weight is 508 g/mol. The van der Waals surface area contributed by atoms with Gasteiger partial charge in [0.2, 0.25) is 11.8 Å². The summed E-state index contributed by atoms with van der Waals surface area (Å²) < 4.78 is 5.36. The molecular formula is C26H41N3O5S. The molecule has 2 atom stereocenters. The fraction of sp³-hybridized carbons (Fsp3) is 0.577. The van der Waals surface area contributed by atoms with E-state index in [0.717, 1.165) is 12.8 Å². The predicted molar refractivity (Wildman–Crippen MR) is 142 cm³/mol. The van der Waals surface area contributed by atoms with Gasteiger partial charge in [0.05, 0.1) is 0 Å². The molecule has 3 N–H and O–H groups in total. The lowest BCUT2D eigenvalue weighted by Gasteiger charge is -2.34. The highest BCUT2D eigenvalue weighted by atomic mass is 32.2. The molecule has 35 heavy (non-hydrogen) atoms. The second-order valence-corrected chi connectivity index (χ2v) is 10.3. The number of aromatic hydroxyl groups is 1. The number of nitrogens with one attached hydrogen (secondary N) is 2. The Morgan fingerprint density at radius 1 is 1.29 bits per heavy atom. The third kappa shape index (κ3) is 9.84. The Bertz CT molecular complexity index is 869. The molecule has 2 unspecified atom stereocenters. The third-order valence-corrected chi connectivity index (χ3v) is 5.81. The first-order valence-electron chi connectivity index (χ1n) is 11.9. The molecule has 0 fully saturated rings. The topological polar surface area (TPSA) is 108 Å². The highest BCUT2D eigenvalue weighted by Gasteiger charge is 2.36. The molecule has 0 bridgehead atoms. The number of ether oxygens (including phenoxy) is 1. The Hall–Kier alpha value is -2.68. The standard InChI is InChI=1S/C26H41N3O5S/c1-8-10-15-27-23(31)21(19-13-11-12-18(3)22(19)30)29(16-9-2)24(32)20(14-17-35-7)28-25(33)34-26(4,5)6/h9,11-13,20-21,30H,2,8,10,14-17H2,1,3-7H3,(H,27,31)(H,28,33). The number of para-hydroxylation sites is 1. The van der Waals surface area contributed by atoms with Gasteiger partial charge in [-0.05, 0) is 58.1 Å². The van der Waals surface area contributed by atoms with Gasteiger partial charge in [0.1, 0.15) is 23.4 Å². The lowest BCUT2D eigenvalue weighted by molar-refractivity contribution is -0.142. The van der Waals surface area contributed by atoms with E-state index >= 15 is 0 Å². The summed E-state index contributed by atoms with van der Waals surface area (Å²) in [6.45, 7) is 13.2. The largest absolute Gasteiger partial charge is 0.507 e. The number of unbranched alkanes of at least 4 members (excludes halogenated alkanes) is 1. The number of rotatable bonds is 13. The maximum atomic E-state index is 13.8. The van der Waals surface area contributed by atoms with E-state index in [4.69, 9.17) is 4.74 Å². The van der Waals surface area contributed by atoms with Gasteiger partial charge in [0.15, 0.2) is 0 Å². The fourth-order valence-electron chi connectivity index (χ4n) is 3.44. The van der Waals surface area contributed by atoms with Crippen LogP contribution in [0.15, 0.2) is 30.9 Å². The maximum absolute atomic E-state index is 13.8. The van der Waals surface area contributed by atoms with Crippen LogP contribution in [0.25, 0.3) is 0 Å². The molecule has 1 aromatic rings. The molecule has 1 aromatic carbocycles. The van der Waals surface area contributed by atoms with Crippen molar-refractivity contribution in [3.8, 4) is 5.75 Å². The lowest BCUT2D eigenvalue weighted by atomic mass is 9.99. The van der Waals surface area contributed by atoms with Crippen LogP contribution < -0.4 is 10.6 Å². The van der Waals surface area contributed by atoms with Crippen LogP contribution in [0.2, 0.25) is 0 Å². The van der Waals surface area contributed by atoms with Crippen LogP contribution in [0, 0.1) is 6.92 Å². The van der Waals surface area contributed by atoms with E-state index in [1.54, 1.807) is 45.9 Å². The van der Waals surface area contributed by atoms with Crippen molar-refractivity contribution in [1.29, 1.82) is 0 Å². The lowest BCUT2D eigenvalue weighted by Crippen LogP contribution is -2.53. The van der Waals surface area contributed by atoms with Gasteiger partial charge in [-0.25, -0.2) is 4.79 Å². The van der Waals surface area contributed by atoms with Gasteiger partial charge < -0.3 is 25.4 Å². The van der Waals surface area contributed by atoms with E-state index in [1.807, 2.05) is 13.2 Å². The van der Waals surface area contributed by atoms with Crippen LogP contribution in [0.5, 0.6) is 5.75 Å². The number of phenols is 1. The molecule has 0 saturated heterocycles. The molecule has 196 valence electrons. The van der Waals surface area contributed by atoms with E-state index in [-0.39, 0.29) is 12.3 Å². The normalized spacial score (nSPS) is 12.9. The number of hydrogen-bond acceptors (Lipinski definition) is 6. The van der Waals surface area contributed by atoms with Crippen molar-refractivity contribution >= 4 is 29.7 Å². The summed E-state index contributed by atoms with van der Waals surface area (Å²) in [7, 11) is 0. The maximum Gasteiger partial charge on any atom is 0.408 e. The van der Waals surface area contributed by atoms with Gasteiger partial charge in [-0.1, -0.05) is 37.6 Å². The average Bonchev–Trinajstić information content (AvgIpc) is 2.77. The van der Waals surface area contributed by atoms with Crippen molar-refractivity contribution < 1.29 is 24.2 Å². The van der Waals surface area contributed by atoms with E-state index in [2.05, 4.69) is 17.2 Å². The number of phenolic OH excluding ortho intramolecular Hbond substituents is 1. The number of aryl methyl sites for hydroxylation is 1. The number of amides is 3. The Kier molecular flexibility index (Phi) is 12.7. The minimum atomic E-state index is -1.10. The van der Waals surface area contributed by atoms with Crippen molar-refractivity contribution in [2.24, 2.45) is 0 Å². The summed E-state index contributed by atoms with van der Waals surface area (Å²) in [4.78, 5) is 41.1. The Labute approximate surface area is 213 Å². The first-order chi connectivity index (χ1) is 16.5. The molecule has 0 aromatic heterocycles. The van der Waals surface area contributed by atoms with Crippen molar-refractivity contribution in [2.45, 2.75) is 71.6 Å². The predicted octanol–water partition coefficient (Wildman–Crippen LogP) is 4.32. The number of thioether (sulfide) groups is 1. The second kappa shape index (κ2) is 14.7. The zero-order valence-corrected chi connectivity index (χ0v) is 22.7. The van der Waals surface area contributed by atoms with Gasteiger partial charge in [-0.3, -0.25) is 9.59 Å². The first-order valence-corrected chi connectivity index (χ1v) is 13.3. The molecule has 0 heterocycles. The molecule has 1 rings (SSSR count). The molecule has 8 nitrogen and oxygen atoms in total. The molecular weight excluding hydrogens is 466 g/mol. The van der Waals surface area contributed by atoms with E-state index in [9.17, 15) is 19.5 Å². The fourth-order valence-corrected chi connectivity index (χ4v) is 3.91. The number of carbonyl (C=O) groups excluding carboxylic acids is 3. The zero-order chi connectivity index (χ0) is 26.6. The smallest absolute Gasteiger partial charge is 0.408 e. The van der Waals surface area contributed by atoms with Crippen molar-refractivity contribution in [1.82, 2.24) is 15.5 Å². The highest BCUT2D eigenvalue weighted by molar-refractivity contribution is 7.98. The number of nitrogens with zero attached hydrogens (tertiary/aromatic N) is 1. The Balaban J connectivity index is 3.44. The number of benzene rings is 1. The van der Waals surface area contributed by atoms with Crippen LogP contribution >= 0.6 is 11.8 Å². The summed E-state index contributed by atoms with van der Waals surface area (Å²) >= 11 is 1.54. The second-order valence-electron chi connectivity index (χ2n) is 9.32. The highest BCUT2D eigenvalue weighted by Crippen LogP contribution is 2.32. The Morgan fingerprint density at radius 2 is 1.97 bits per heavy atom. The van der Waals surface area contributed by atoms with Gasteiger partial charge in [0, 0.05) is 18.7 Å². The van der Waals surface area contributed by atoms with Crippen LogP contribution in [-0.4, -0.2) is 64.7 Å². The number of hydrogen-bond donors (Lipinski definition) is 3.